The lowest BCUT2D eigenvalue weighted by Gasteiger charge is -2.08. The fourth-order valence-electron chi connectivity index (χ4n) is 1.58. The van der Waals surface area contributed by atoms with Crippen molar-refractivity contribution in [1.82, 2.24) is 0 Å². The van der Waals surface area contributed by atoms with Crippen LogP contribution in [0.15, 0.2) is 36.4 Å². The van der Waals surface area contributed by atoms with Gasteiger partial charge in [0.1, 0.15) is 6.61 Å². The topological polar surface area (TPSA) is 52.3 Å². The minimum atomic E-state index is -0.537. The number of carbonyl (C=O) groups is 1. The first kappa shape index (κ1) is 15.0. The summed E-state index contributed by atoms with van der Waals surface area (Å²) in [5.74, 6) is -0.537. The molecule has 2 N–H and O–H groups in total. The Morgan fingerprint density at radius 3 is 2.35 bits per heavy atom. The molecule has 0 atom stereocenters. The summed E-state index contributed by atoms with van der Waals surface area (Å²) in [7, 11) is 0. The number of nitrogen functional groups attached to an aromatic ring is 1. The first-order chi connectivity index (χ1) is 9.47. The van der Waals surface area contributed by atoms with E-state index < -0.39 is 5.97 Å². The number of hydrogen-bond acceptors (Lipinski definition) is 3. The molecule has 0 aliphatic heterocycles. The van der Waals surface area contributed by atoms with E-state index in [9.17, 15) is 4.79 Å². The van der Waals surface area contributed by atoms with Crippen LogP contribution in [0.25, 0.3) is 0 Å². The maximum Gasteiger partial charge on any atom is 0.340 e. The van der Waals surface area contributed by atoms with E-state index in [2.05, 4.69) is 0 Å². The maximum absolute atomic E-state index is 11.9. The van der Waals surface area contributed by atoms with Crippen molar-refractivity contribution in [3.05, 3.63) is 62.6 Å². The molecule has 2 rings (SSSR count). The summed E-state index contributed by atoms with van der Waals surface area (Å²) in [6, 6.07) is 9.54. The summed E-state index contributed by atoms with van der Waals surface area (Å²) in [6.45, 7) is 0.0386. The van der Waals surface area contributed by atoms with Crippen molar-refractivity contribution < 1.29 is 9.53 Å². The van der Waals surface area contributed by atoms with Crippen LogP contribution in [-0.2, 0) is 11.3 Å². The number of halogens is 3. The van der Waals surface area contributed by atoms with Crippen LogP contribution in [0.3, 0.4) is 0 Å². The van der Waals surface area contributed by atoms with Gasteiger partial charge in [0.05, 0.1) is 5.56 Å². The van der Waals surface area contributed by atoms with Gasteiger partial charge >= 0.3 is 5.97 Å². The summed E-state index contributed by atoms with van der Waals surface area (Å²) < 4.78 is 5.17. The Morgan fingerprint density at radius 1 is 1.05 bits per heavy atom. The standard InChI is InChI=1S/C14H10Cl3NO2/c15-9-2-1-8(12(17)5-9)7-20-14(19)11-4-3-10(16)6-13(11)18/h1-6H,7,18H2. The van der Waals surface area contributed by atoms with Crippen LogP contribution in [0.2, 0.25) is 15.1 Å². The molecule has 0 aliphatic rings. The first-order valence-corrected chi connectivity index (χ1v) is 6.77. The third-order valence-electron chi connectivity index (χ3n) is 2.61. The van der Waals surface area contributed by atoms with Gasteiger partial charge in [-0.25, -0.2) is 4.79 Å². The number of anilines is 1. The van der Waals surface area contributed by atoms with E-state index in [1.807, 2.05) is 0 Å². The summed E-state index contributed by atoms with van der Waals surface area (Å²) in [5.41, 5.74) is 6.91. The molecule has 3 nitrogen and oxygen atoms in total. The predicted octanol–water partition coefficient (Wildman–Crippen LogP) is 4.59. The Morgan fingerprint density at radius 2 is 1.70 bits per heavy atom. The van der Waals surface area contributed by atoms with Gasteiger partial charge in [-0.15, -0.1) is 0 Å². The quantitative estimate of drug-likeness (QED) is 0.661. The van der Waals surface area contributed by atoms with E-state index in [0.29, 0.717) is 20.6 Å². The Bertz CT molecular complexity index is 659. The van der Waals surface area contributed by atoms with Crippen molar-refractivity contribution in [2.24, 2.45) is 0 Å². The zero-order valence-corrected chi connectivity index (χ0v) is 12.5. The number of hydrogen-bond donors (Lipinski definition) is 1. The van der Waals surface area contributed by atoms with Gasteiger partial charge in [0.25, 0.3) is 0 Å². The lowest BCUT2D eigenvalue weighted by atomic mass is 10.2. The molecule has 104 valence electrons. The van der Waals surface area contributed by atoms with Crippen LogP contribution in [-0.4, -0.2) is 5.97 Å². The average Bonchev–Trinajstić information content (AvgIpc) is 2.37. The third-order valence-corrected chi connectivity index (χ3v) is 3.43. The minimum Gasteiger partial charge on any atom is -0.457 e. The summed E-state index contributed by atoms with van der Waals surface area (Å²) in [4.78, 5) is 11.9. The Labute approximate surface area is 131 Å². The molecule has 0 saturated carbocycles. The molecule has 0 heterocycles. The van der Waals surface area contributed by atoms with Gasteiger partial charge in [-0.2, -0.15) is 0 Å². The normalized spacial score (nSPS) is 10.3. The van der Waals surface area contributed by atoms with E-state index in [0.717, 1.165) is 0 Å². The number of nitrogens with two attached hydrogens (primary N) is 1. The van der Waals surface area contributed by atoms with Crippen molar-refractivity contribution in [3.63, 3.8) is 0 Å². The highest BCUT2D eigenvalue weighted by molar-refractivity contribution is 6.35. The van der Waals surface area contributed by atoms with Crippen molar-refractivity contribution in [2.45, 2.75) is 6.61 Å². The highest BCUT2D eigenvalue weighted by Crippen LogP contribution is 2.23. The van der Waals surface area contributed by atoms with Crippen molar-refractivity contribution in [3.8, 4) is 0 Å². The van der Waals surface area contributed by atoms with Crippen LogP contribution in [0.1, 0.15) is 15.9 Å². The van der Waals surface area contributed by atoms with Crippen LogP contribution in [0.5, 0.6) is 0 Å². The van der Waals surface area contributed by atoms with Crippen LogP contribution in [0.4, 0.5) is 5.69 Å². The molecule has 0 fully saturated rings. The Kier molecular flexibility index (Phi) is 4.76. The largest absolute Gasteiger partial charge is 0.457 e. The minimum absolute atomic E-state index is 0.0386. The summed E-state index contributed by atoms with van der Waals surface area (Å²) in [5, 5.41) is 1.42. The van der Waals surface area contributed by atoms with E-state index in [-0.39, 0.29) is 17.9 Å². The Balaban J connectivity index is 2.08. The van der Waals surface area contributed by atoms with Gasteiger partial charge in [0.2, 0.25) is 0 Å². The second-order valence-electron chi connectivity index (χ2n) is 4.04. The molecule has 0 unspecified atom stereocenters. The molecule has 0 spiro atoms. The predicted molar refractivity (Wildman–Crippen MR) is 81.4 cm³/mol. The zero-order valence-electron chi connectivity index (χ0n) is 10.2. The van der Waals surface area contributed by atoms with Gasteiger partial charge in [-0.05, 0) is 30.3 Å². The molecular formula is C14H10Cl3NO2. The van der Waals surface area contributed by atoms with Gasteiger partial charge in [0, 0.05) is 26.3 Å². The van der Waals surface area contributed by atoms with Crippen LogP contribution >= 0.6 is 34.8 Å². The molecule has 2 aromatic carbocycles. The molecule has 0 radical (unpaired) electrons. The Hall–Kier alpha value is -1.42. The fraction of sp³-hybridized carbons (Fsp3) is 0.0714. The van der Waals surface area contributed by atoms with Gasteiger partial charge < -0.3 is 10.5 Å². The molecular weight excluding hydrogens is 321 g/mol. The first-order valence-electron chi connectivity index (χ1n) is 5.63. The lowest BCUT2D eigenvalue weighted by Crippen LogP contribution is -2.08. The molecule has 0 saturated heterocycles. The number of esters is 1. The summed E-state index contributed by atoms with van der Waals surface area (Å²) in [6.07, 6.45) is 0. The SMILES string of the molecule is Nc1cc(Cl)ccc1C(=O)OCc1ccc(Cl)cc1Cl. The highest BCUT2D eigenvalue weighted by Gasteiger charge is 2.12. The number of carbonyl (C=O) groups excluding carboxylic acids is 1. The molecule has 0 amide bonds. The lowest BCUT2D eigenvalue weighted by molar-refractivity contribution is 0.0474. The van der Waals surface area contributed by atoms with E-state index in [4.69, 9.17) is 45.3 Å². The molecule has 20 heavy (non-hydrogen) atoms. The fourth-order valence-corrected chi connectivity index (χ4v) is 2.22. The van der Waals surface area contributed by atoms with Crippen LogP contribution in [0, 0.1) is 0 Å². The highest BCUT2D eigenvalue weighted by atomic mass is 35.5. The summed E-state index contributed by atoms with van der Waals surface area (Å²) >= 11 is 17.6. The number of benzene rings is 2. The second-order valence-corrected chi connectivity index (χ2v) is 5.32. The maximum atomic E-state index is 11.9. The molecule has 6 heteroatoms. The van der Waals surface area contributed by atoms with Crippen molar-refractivity contribution in [1.29, 1.82) is 0 Å². The van der Waals surface area contributed by atoms with E-state index in [1.165, 1.54) is 12.1 Å². The molecule has 0 aromatic heterocycles. The number of rotatable bonds is 3. The van der Waals surface area contributed by atoms with E-state index >= 15 is 0 Å². The van der Waals surface area contributed by atoms with Crippen LogP contribution < -0.4 is 5.73 Å². The van der Waals surface area contributed by atoms with Crippen molar-refractivity contribution in [2.75, 3.05) is 5.73 Å². The van der Waals surface area contributed by atoms with Crippen molar-refractivity contribution >= 4 is 46.5 Å². The molecule has 0 bridgehead atoms. The molecule has 0 aliphatic carbocycles. The van der Waals surface area contributed by atoms with Gasteiger partial charge in [0.15, 0.2) is 0 Å². The molecule has 2 aromatic rings. The zero-order chi connectivity index (χ0) is 14.7. The van der Waals surface area contributed by atoms with Gasteiger partial charge in [-0.3, -0.25) is 0 Å². The monoisotopic (exact) mass is 329 g/mol. The van der Waals surface area contributed by atoms with Gasteiger partial charge in [-0.1, -0.05) is 40.9 Å². The van der Waals surface area contributed by atoms with E-state index in [1.54, 1.807) is 24.3 Å². The second kappa shape index (κ2) is 6.35. The third kappa shape index (κ3) is 3.57. The smallest absolute Gasteiger partial charge is 0.340 e. The number of ether oxygens (including phenoxy) is 1. The average molecular weight is 331 g/mol.